The van der Waals surface area contributed by atoms with Crippen LogP contribution in [-0.4, -0.2) is 17.5 Å². The van der Waals surface area contributed by atoms with Gasteiger partial charge in [0.05, 0.1) is 11.8 Å². The summed E-state index contributed by atoms with van der Waals surface area (Å²) >= 11 is 0. The third-order valence-electron chi connectivity index (χ3n) is 2.94. The largest absolute Gasteiger partial charge is 0.299 e. The molecule has 0 aromatic heterocycles. The highest BCUT2D eigenvalue weighted by atomic mass is 16.2. The van der Waals surface area contributed by atoms with Gasteiger partial charge < -0.3 is 0 Å². The Morgan fingerprint density at radius 1 is 1.29 bits per heavy atom. The van der Waals surface area contributed by atoms with Crippen LogP contribution in [0.15, 0.2) is 16.8 Å². The van der Waals surface area contributed by atoms with Crippen molar-refractivity contribution in [3.05, 3.63) is 11.8 Å². The third kappa shape index (κ3) is 0.865. The third-order valence-corrected chi connectivity index (χ3v) is 2.94. The number of amides is 1. The number of carbonyl (C=O) groups is 2. The molecule has 1 saturated heterocycles. The summed E-state index contributed by atoms with van der Waals surface area (Å²) in [6.45, 7) is 0. The van der Waals surface area contributed by atoms with Crippen LogP contribution in [-0.2, 0) is 9.59 Å². The van der Waals surface area contributed by atoms with Crippen molar-refractivity contribution in [1.82, 2.24) is 10.9 Å². The van der Waals surface area contributed by atoms with Crippen LogP contribution in [0.25, 0.3) is 0 Å². The molecule has 0 aromatic carbocycles. The lowest BCUT2D eigenvalue weighted by molar-refractivity contribution is -0.123. The van der Waals surface area contributed by atoms with Gasteiger partial charge in [0, 0.05) is 12.1 Å². The van der Waals surface area contributed by atoms with Gasteiger partial charge in [-0.1, -0.05) is 6.08 Å². The van der Waals surface area contributed by atoms with E-state index in [4.69, 9.17) is 0 Å². The Bertz CT molecular complexity index is 397. The fourth-order valence-corrected chi connectivity index (χ4v) is 2.15. The number of nitrogens with one attached hydrogen (secondary N) is 2. The molecule has 72 valence electrons. The first-order valence-corrected chi connectivity index (χ1v) is 4.63. The zero-order valence-corrected chi connectivity index (χ0v) is 7.41. The van der Waals surface area contributed by atoms with E-state index in [1.165, 1.54) is 0 Å². The molecule has 0 saturated carbocycles. The number of carbonyl (C=O) groups excluding carboxylic acids is 2. The van der Waals surface area contributed by atoms with E-state index < -0.39 is 0 Å². The molecule has 1 fully saturated rings. The van der Waals surface area contributed by atoms with Gasteiger partial charge in [0.1, 0.15) is 11.6 Å². The lowest BCUT2D eigenvalue weighted by atomic mass is 9.88. The minimum Gasteiger partial charge on any atom is -0.299 e. The summed E-state index contributed by atoms with van der Waals surface area (Å²) in [7, 11) is 0. The van der Waals surface area contributed by atoms with Crippen LogP contribution >= 0.6 is 0 Å². The van der Waals surface area contributed by atoms with Crippen LogP contribution in [0, 0.1) is 11.8 Å². The van der Waals surface area contributed by atoms with Gasteiger partial charge in [-0.3, -0.25) is 20.4 Å². The van der Waals surface area contributed by atoms with E-state index in [1.807, 2.05) is 6.08 Å². The number of ketones is 1. The Morgan fingerprint density at radius 3 is 3.00 bits per heavy atom. The predicted octanol–water partition coefficient (Wildman–Crippen LogP) is -0.488. The van der Waals surface area contributed by atoms with Crippen LogP contribution in [0.1, 0.15) is 12.8 Å². The smallest absolute Gasteiger partial charge is 0.249 e. The fraction of sp³-hybridized carbons (Fsp3) is 0.444. The van der Waals surface area contributed by atoms with Crippen molar-refractivity contribution < 1.29 is 9.59 Å². The number of fused-ring (bicyclic) bond motifs is 2. The summed E-state index contributed by atoms with van der Waals surface area (Å²) in [5, 5.41) is 0. The maximum absolute atomic E-state index is 11.4. The van der Waals surface area contributed by atoms with E-state index in [-0.39, 0.29) is 23.5 Å². The van der Waals surface area contributed by atoms with Gasteiger partial charge in [0.2, 0.25) is 5.91 Å². The Morgan fingerprint density at radius 2 is 2.14 bits per heavy atom. The molecule has 0 aromatic rings. The minimum absolute atomic E-state index is 0.0810. The molecule has 5 heteroatoms. The topological polar surface area (TPSA) is 70.6 Å². The van der Waals surface area contributed by atoms with Gasteiger partial charge in [0.25, 0.3) is 0 Å². The molecule has 2 N–H and O–H groups in total. The zero-order chi connectivity index (χ0) is 9.71. The molecule has 3 aliphatic rings. The minimum atomic E-state index is -0.251. The van der Waals surface area contributed by atoms with Crippen molar-refractivity contribution >= 4 is 17.5 Å². The lowest BCUT2D eigenvalue weighted by Crippen LogP contribution is -2.30. The molecule has 0 bridgehead atoms. The number of hydrazine groups is 1. The Labute approximate surface area is 80.2 Å². The van der Waals surface area contributed by atoms with Gasteiger partial charge in [-0.25, -0.2) is 4.99 Å². The first-order valence-electron chi connectivity index (χ1n) is 4.63. The molecular formula is C9H9N3O2. The Balaban J connectivity index is 2.01. The first-order chi connectivity index (χ1) is 6.75. The SMILES string of the molecule is O=C1CC=C2N=C3NNC(=O)C3CC12. The lowest BCUT2D eigenvalue weighted by Gasteiger charge is -2.19. The van der Waals surface area contributed by atoms with E-state index in [0.29, 0.717) is 18.7 Å². The van der Waals surface area contributed by atoms with E-state index in [0.717, 1.165) is 5.70 Å². The van der Waals surface area contributed by atoms with Gasteiger partial charge in [-0.05, 0) is 6.42 Å². The number of Topliss-reactive ketones (excluding diaryl/α,β-unsaturated/α-hetero) is 1. The van der Waals surface area contributed by atoms with E-state index in [1.54, 1.807) is 0 Å². The second kappa shape index (κ2) is 2.43. The number of aliphatic imine (C=N–C) groups is 1. The monoisotopic (exact) mass is 191 g/mol. The van der Waals surface area contributed by atoms with E-state index in [2.05, 4.69) is 15.8 Å². The summed E-state index contributed by atoms with van der Waals surface area (Å²) in [6.07, 6.45) is 2.88. The van der Waals surface area contributed by atoms with E-state index >= 15 is 0 Å². The van der Waals surface area contributed by atoms with Crippen LogP contribution in [0.5, 0.6) is 0 Å². The van der Waals surface area contributed by atoms with Crippen LogP contribution in [0.2, 0.25) is 0 Å². The number of allylic oxidation sites excluding steroid dienone is 2. The van der Waals surface area contributed by atoms with Gasteiger partial charge in [-0.2, -0.15) is 0 Å². The number of rotatable bonds is 0. The van der Waals surface area contributed by atoms with Crippen molar-refractivity contribution in [2.75, 3.05) is 0 Å². The molecule has 1 amide bonds. The number of hydrogen-bond acceptors (Lipinski definition) is 4. The van der Waals surface area contributed by atoms with Crippen molar-refractivity contribution in [3.8, 4) is 0 Å². The van der Waals surface area contributed by atoms with Crippen molar-refractivity contribution in [2.24, 2.45) is 16.8 Å². The standard InChI is InChI=1S/C9H9N3O2/c13-7-2-1-6-4(7)3-5-8(10-6)11-12-9(5)14/h1,4-5H,2-3H2,(H,10,11)(H,12,14). The summed E-state index contributed by atoms with van der Waals surface area (Å²) in [4.78, 5) is 27.0. The second-order valence-corrected chi connectivity index (χ2v) is 3.75. The van der Waals surface area contributed by atoms with Crippen molar-refractivity contribution in [3.63, 3.8) is 0 Å². The van der Waals surface area contributed by atoms with Crippen molar-refractivity contribution in [2.45, 2.75) is 12.8 Å². The molecule has 2 heterocycles. The number of nitrogens with zero attached hydrogens (tertiary/aromatic N) is 1. The van der Waals surface area contributed by atoms with Gasteiger partial charge in [0.15, 0.2) is 0 Å². The normalized spacial score (nSPS) is 34.0. The molecule has 3 rings (SSSR count). The Kier molecular flexibility index (Phi) is 1.34. The fourth-order valence-electron chi connectivity index (χ4n) is 2.15. The maximum atomic E-state index is 11.4. The molecule has 2 unspecified atom stereocenters. The highest BCUT2D eigenvalue weighted by molar-refractivity contribution is 6.10. The Hall–Kier alpha value is -1.65. The second-order valence-electron chi connectivity index (χ2n) is 3.75. The highest BCUT2D eigenvalue weighted by Gasteiger charge is 2.42. The maximum Gasteiger partial charge on any atom is 0.249 e. The molecule has 0 radical (unpaired) electrons. The predicted molar refractivity (Wildman–Crippen MR) is 48.0 cm³/mol. The number of hydrogen-bond donors (Lipinski definition) is 2. The van der Waals surface area contributed by atoms with Crippen LogP contribution in [0.3, 0.4) is 0 Å². The molecule has 1 aliphatic carbocycles. The quantitative estimate of drug-likeness (QED) is 0.543. The highest BCUT2D eigenvalue weighted by Crippen LogP contribution is 2.34. The molecule has 0 spiro atoms. The van der Waals surface area contributed by atoms with Gasteiger partial charge >= 0.3 is 0 Å². The average Bonchev–Trinajstić information content (AvgIpc) is 2.71. The molecule has 2 atom stereocenters. The molecule has 2 aliphatic heterocycles. The number of amidine groups is 1. The molecule has 14 heavy (non-hydrogen) atoms. The van der Waals surface area contributed by atoms with Crippen molar-refractivity contribution in [1.29, 1.82) is 0 Å². The summed E-state index contributed by atoms with van der Waals surface area (Å²) < 4.78 is 0. The molecule has 5 nitrogen and oxygen atoms in total. The van der Waals surface area contributed by atoms with E-state index in [9.17, 15) is 9.59 Å². The average molecular weight is 191 g/mol. The van der Waals surface area contributed by atoms with Gasteiger partial charge in [-0.15, -0.1) is 0 Å². The van der Waals surface area contributed by atoms with Crippen LogP contribution in [0.4, 0.5) is 0 Å². The first kappa shape index (κ1) is 7.73. The summed E-state index contributed by atoms with van der Waals surface area (Å²) in [6, 6.07) is 0. The molecular weight excluding hydrogens is 182 g/mol. The summed E-state index contributed by atoms with van der Waals surface area (Å²) in [5.74, 6) is 0.366. The zero-order valence-electron chi connectivity index (χ0n) is 7.41. The summed E-state index contributed by atoms with van der Waals surface area (Å²) in [5.41, 5.74) is 6.07. The van der Waals surface area contributed by atoms with Crippen LogP contribution < -0.4 is 10.9 Å².